The summed E-state index contributed by atoms with van der Waals surface area (Å²) in [5.74, 6) is -1.51. The lowest BCUT2D eigenvalue weighted by molar-refractivity contribution is 0.105. The van der Waals surface area contributed by atoms with E-state index in [2.05, 4.69) is 4.90 Å². The summed E-state index contributed by atoms with van der Waals surface area (Å²) >= 11 is 0. The van der Waals surface area contributed by atoms with Gasteiger partial charge in [0.1, 0.15) is 0 Å². The van der Waals surface area contributed by atoms with Gasteiger partial charge in [0, 0.05) is 24.2 Å². The zero-order valence-corrected chi connectivity index (χ0v) is 10.7. The monoisotopic (exact) mass is 254 g/mol. The first-order chi connectivity index (χ1) is 8.65. The summed E-state index contributed by atoms with van der Waals surface area (Å²) in [6.45, 7) is 3.39. The van der Waals surface area contributed by atoms with E-state index in [1.165, 1.54) is 0 Å². The number of piperidine rings is 1. The summed E-state index contributed by atoms with van der Waals surface area (Å²) in [7, 11) is 0. The Bertz CT molecular complexity index is 409. The molecule has 2 rings (SSSR count). The van der Waals surface area contributed by atoms with E-state index in [9.17, 15) is 8.78 Å². The van der Waals surface area contributed by atoms with E-state index in [-0.39, 0.29) is 12.1 Å². The van der Waals surface area contributed by atoms with Gasteiger partial charge in [0.05, 0.1) is 0 Å². The van der Waals surface area contributed by atoms with E-state index in [0.717, 1.165) is 31.9 Å². The van der Waals surface area contributed by atoms with Crippen LogP contribution in [0.1, 0.15) is 37.8 Å². The SMILES string of the molecule is CC(c1cccc(F)c1F)N1CCCCC1CN. The zero-order chi connectivity index (χ0) is 13.1. The number of nitrogens with two attached hydrogens (primary N) is 1. The van der Waals surface area contributed by atoms with Crippen LogP contribution in [-0.2, 0) is 0 Å². The van der Waals surface area contributed by atoms with E-state index in [0.29, 0.717) is 12.1 Å². The van der Waals surface area contributed by atoms with Crippen LogP contribution in [0.4, 0.5) is 8.78 Å². The highest BCUT2D eigenvalue weighted by Crippen LogP contribution is 2.29. The molecule has 2 unspecified atom stereocenters. The fourth-order valence-corrected chi connectivity index (χ4v) is 2.81. The van der Waals surface area contributed by atoms with Gasteiger partial charge in [-0.05, 0) is 32.4 Å². The Morgan fingerprint density at radius 1 is 1.39 bits per heavy atom. The highest BCUT2D eigenvalue weighted by Gasteiger charge is 2.28. The van der Waals surface area contributed by atoms with E-state index >= 15 is 0 Å². The normalized spacial score (nSPS) is 23.0. The van der Waals surface area contributed by atoms with E-state index in [4.69, 9.17) is 5.73 Å². The van der Waals surface area contributed by atoms with Crippen LogP contribution in [0.3, 0.4) is 0 Å². The maximum atomic E-state index is 13.8. The number of rotatable bonds is 3. The molecular weight excluding hydrogens is 234 g/mol. The molecule has 1 heterocycles. The Labute approximate surface area is 107 Å². The molecule has 0 spiro atoms. The van der Waals surface area contributed by atoms with Gasteiger partial charge in [-0.2, -0.15) is 0 Å². The molecule has 0 saturated carbocycles. The van der Waals surface area contributed by atoms with Gasteiger partial charge >= 0.3 is 0 Å². The fourth-order valence-electron chi connectivity index (χ4n) is 2.81. The lowest BCUT2D eigenvalue weighted by Crippen LogP contribution is -2.45. The first-order valence-corrected chi connectivity index (χ1v) is 6.55. The summed E-state index contributed by atoms with van der Waals surface area (Å²) < 4.78 is 27.1. The first kappa shape index (κ1) is 13.4. The molecule has 0 amide bonds. The van der Waals surface area contributed by atoms with Gasteiger partial charge in [-0.15, -0.1) is 0 Å². The van der Waals surface area contributed by atoms with Crippen molar-refractivity contribution >= 4 is 0 Å². The lowest BCUT2D eigenvalue weighted by Gasteiger charge is -2.39. The third kappa shape index (κ3) is 2.54. The van der Waals surface area contributed by atoms with Gasteiger partial charge in [-0.3, -0.25) is 4.90 Å². The molecule has 0 radical (unpaired) electrons. The Balaban J connectivity index is 2.23. The Morgan fingerprint density at radius 3 is 2.89 bits per heavy atom. The third-order valence-electron chi connectivity index (χ3n) is 3.87. The number of nitrogens with zero attached hydrogens (tertiary/aromatic N) is 1. The molecule has 4 heteroatoms. The second kappa shape index (κ2) is 5.76. The second-order valence-electron chi connectivity index (χ2n) is 4.94. The van der Waals surface area contributed by atoms with Crippen LogP contribution in [0.15, 0.2) is 18.2 Å². The molecule has 18 heavy (non-hydrogen) atoms. The Morgan fingerprint density at radius 2 is 2.17 bits per heavy atom. The molecule has 1 fully saturated rings. The van der Waals surface area contributed by atoms with Crippen molar-refractivity contribution in [2.24, 2.45) is 5.73 Å². The molecule has 0 bridgehead atoms. The number of likely N-dealkylation sites (tertiary alicyclic amines) is 1. The predicted molar refractivity (Wildman–Crippen MR) is 68.2 cm³/mol. The smallest absolute Gasteiger partial charge is 0.163 e. The third-order valence-corrected chi connectivity index (χ3v) is 3.87. The van der Waals surface area contributed by atoms with E-state index in [1.54, 1.807) is 12.1 Å². The summed E-state index contributed by atoms with van der Waals surface area (Å²) in [6.07, 6.45) is 3.30. The van der Waals surface area contributed by atoms with Gasteiger partial charge in [0.15, 0.2) is 11.6 Å². The average molecular weight is 254 g/mol. The summed E-state index contributed by atoms with van der Waals surface area (Å²) in [6, 6.07) is 4.52. The van der Waals surface area contributed by atoms with Crippen LogP contribution >= 0.6 is 0 Å². The van der Waals surface area contributed by atoms with Crippen molar-refractivity contribution in [2.45, 2.75) is 38.3 Å². The molecule has 1 aliphatic rings. The zero-order valence-electron chi connectivity index (χ0n) is 10.7. The lowest BCUT2D eigenvalue weighted by atomic mass is 9.97. The quantitative estimate of drug-likeness (QED) is 0.898. The number of hydrogen-bond donors (Lipinski definition) is 1. The van der Waals surface area contributed by atoms with Crippen molar-refractivity contribution in [1.29, 1.82) is 0 Å². The van der Waals surface area contributed by atoms with Crippen LogP contribution in [0.2, 0.25) is 0 Å². The molecule has 1 aliphatic heterocycles. The van der Waals surface area contributed by atoms with Crippen molar-refractivity contribution in [3.05, 3.63) is 35.4 Å². The minimum atomic E-state index is -0.777. The van der Waals surface area contributed by atoms with Crippen LogP contribution in [-0.4, -0.2) is 24.0 Å². The molecule has 1 aromatic carbocycles. The Hall–Kier alpha value is -1.00. The molecule has 1 aromatic rings. The molecule has 2 atom stereocenters. The van der Waals surface area contributed by atoms with Crippen LogP contribution in [0.25, 0.3) is 0 Å². The van der Waals surface area contributed by atoms with Crippen molar-refractivity contribution < 1.29 is 8.78 Å². The van der Waals surface area contributed by atoms with Crippen molar-refractivity contribution in [1.82, 2.24) is 4.90 Å². The molecule has 2 nitrogen and oxygen atoms in total. The molecular formula is C14H20F2N2. The number of benzene rings is 1. The molecule has 2 N–H and O–H groups in total. The van der Waals surface area contributed by atoms with E-state index < -0.39 is 11.6 Å². The van der Waals surface area contributed by atoms with Gasteiger partial charge in [0.25, 0.3) is 0 Å². The predicted octanol–water partition coefficient (Wildman–Crippen LogP) is 2.84. The van der Waals surface area contributed by atoms with Gasteiger partial charge in [-0.1, -0.05) is 18.6 Å². The van der Waals surface area contributed by atoms with Gasteiger partial charge < -0.3 is 5.73 Å². The van der Waals surface area contributed by atoms with Crippen LogP contribution in [0.5, 0.6) is 0 Å². The van der Waals surface area contributed by atoms with Crippen molar-refractivity contribution in [2.75, 3.05) is 13.1 Å². The highest BCUT2D eigenvalue weighted by atomic mass is 19.2. The molecule has 0 aromatic heterocycles. The average Bonchev–Trinajstić information content (AvgIpc) is 2.41. The van der Waals surface area contributed by atoms with Gasteiger partial charge in [0.2, 0.25) is 0 Å². The summed E-state index contributed by atoms with van der Waals surface area (Å²) in [4.78, 5) is 2.20. The first-order valence-electron chi connectivity index (χ1n) is 6.55. The van der Waals surface area contributed by atoms with Crippen molar-refractivity contribution in [3.63, 3.8) is 0 Å². The standard InChI is InChI=1S/C14H20F2N2/c1-10(12-6-4-7-13(15)14(12)16)18-8-3-2-5-11(18)9-17/h4,6-7,10-11H,2-3,5,8-9,17H2,1H3. The van der Waals surface area contributed by atoms with Crippen LogP contribution < -0.4 is 5.73 Å². The summed E-state index contributed by atoms with van der Waals surface area (Å²) in [5, 5.41) is 0. The maximum absolute atomic E-state index is 13.8. The van der Waals surface area contributed by atoms with Gasteiger partial charge in [-0.25, -0.2) is 8.78 Å². The summed E-state index contributed by atoms with van der Waals surface area (Å²) in [5.41, 5.74) is 6.19. The largest absolute Gasteiger partial charge is 0.329 e. The van der Waals surface area contributed by atoms with E-state index in [1.807, 2.05) is 6.92 Å². The topological polar surface area (TPSA) is 29.3 Å². The molecule has 1 saturated heterocycles. The minimum Gasteiger partial charge on any atom is -0.329 e. The number of hydrogen-bond acceptors (Lipinski definition) is 2. The highest BCUT2D eigenvalue weighted by molar-refractivity contribution is 5.22. The van der Waals surface area contributed by atoms with Crippen molar-refractivity contribution in [3.8, 4) is 0 Å². The second-order valence-corrected chi connectivity index (χ2v) is 4.94. The molecule has 100 valence electrons. The van der Waals surface area contributed by atoms with Crippen LogP contribution in [0, 0.1) is 11.6 Å². The minimum absolute atomic E-state index is 0.130. The molecule has 0 aliphatic carbocycles. The fraction of sp³-hybridized carbons (Fsp3) is 0.571. The Kier molecular flexibility index (Phi) is 4.30. The number of halogens is 2. The maximum Gasteiger partial charge on any atom is 0.163 e.